The maximum atomic E-state index is 12.4. The van der Waals surface area contributed by atoms with E-state index < -0.39 is 0 Å². The third kappa shape index (κ3) is 6.61. The number of benzene rings is 3. The average Bonchev–Trinajstić information content (AvgIpc) is 2.85. The minimum Gasteiger partial charge on any atom is -0.458 e. The van der Waals surface area contributed by atoms with E-state index in [0.29, 0.717) is 11.7 Å². The van der Waals surface area contributed by atoms with Gasteiger partial charge < -0.3 is 14.2 Å². The van der Waals surface area contributed by atoms with E-state index in [2.05, 4.69) is 12.1 Å². The van der Waals surface area contributed by atoms with Crippen LogP contribution in [0.5, 0.6) is 17.2 Å². The van der Waals surface area contributed by atoms with Crippen molar-refractivity contribution >= 4 is 5.97 Å². The molecule has 0 N–H and O–H groups in total. The Morgan fingerprint density at radius 1 is 0.688 bits per heavy atom. The van der Waals surface area contributed by atoms with Gasteiger partial charge in [0, 0.05) is 0 Å². The first kappa shape index (κ1) is 21.9. The summed E-state index contributed by atoms with van der Waals surface area (Å²) < 4.78 is 16.8. The number of ether oxygens (including phenoxy) is 3. The molecule has 3 aromatic rings. The van der Waals surface area contributed by atoms with Crippen molar-refractivity contribution in [3.63, 3.8) is 0 Å². The molecule has 1 saturated carbocycles. The second-order valence-corrected chi connectivity index (χ2v) is 8.35. The Bertz CT molecular complexity index is 946. The summed E-state index contributed by atoms with van der Waals surface area (Å²) in [7, 11) is 0. The van der Waals surface area contributed by atoms with E-state index in [0.717, 1.165) is 50.0 Å². The quantitative estimate of drug-likeness (QED) is 0.222. The fraction of sp³-hybridized carbons (Fsp3) is 0.321. The van der Waals surface area contributed by atoms with Crippen molar-refractivity contribution in [3.8, 4) is 17.2 Å². The first-order valence-electron chi connectivity index (χ1n) is 11.4. The topological polar surface area (TPSA) is 44.8 Å². The molecule has 1 aliphatic rings. The molecule has 0 atom stereocenters. The van der Waals surface area contributed by atoms with Crippen LogP contribution in [0.4, 0.5) is 0 Å². The third-order valence-corrected chi connectivity index (χ3v) is 6.10. The predicted octanol–water partition coefficient (Wildman–Crippen LogP) is 6.45. The maximum Gasteiger partial charge on any atom is 0.314 e. The van der Waals surface area contributed by atoms with E-state index in [4.69, 9.17) is 14.2 Å². The Balaban J connectivity index is 1.14. The van der Waals surface area contributed by atoms with E-state index in [1.807, 2.05) is 72.8 Å². The minimum atomic E-state index is -0.0820. The molecule has 0 unspecified atom stereocenters. The molecule has 0 aliphatic heterocycles. The van der Waals surface area contributed by atoms with Crippen LogP contribution in [0.3, 0.4) is 0 Å². The van der Waals surface area contributed by atoms with Crippen LogP contribution < -0.4 is 14.2 Å². The van der Waals surface area contributed by atoms with Crippen molar-refractivity contribution in [3.05, 3.63) is 90.5 Å². The van der Waals surface area contributed by atoms with Crippen LogP contribution in [0.2, 0.25) is 0 Å². The number of esters is 1. The average molecular weight is 431 g/mol. The largest absolute Gasteiger partial charge is 0.458 e. The van der Waals surface area contributed by atoms with E-state index in [1.165, 1.54) is 5.56 Å². The molecule has 4 heteroatoms. The molecule has 3 aromatic carbocycles. The lowest BCUT2D eigenvalue weighted by Gasteiger charge is -2.27. The highest BCUT2D eigenvalue weighted by atomic mass is 16.7. The number of hydrogen-bond donors (Lipinski definition) is 0. The van der Waals surface area contributed by atoms with E-state index in [9.17, 15) is 4.79 Å². The minimum absolute atomic E-state index is 0.0287. The van der Waals surface area contributed by atoms with Gasteiger partial charge in [-0.3, -0.25) is 4.79 Å². The SMILES string of the molecule is O=C(Oc1ccccc1)C1CCC(CCc2ccc(OCOc3ccccc3)cc2)CC1. The highest BCUT2D eigenvalue weighted by molar-refractivity contribution is 5.75. The zero-order chi connectivity index (χ0) is 22.0. The predicted molar refractivity (Wildman–Crippen MR) is 125 cm³/mol. The molecule has 0 bridgehead atoms. The van der Waals surface area contributed by atoms with Crippen molar-refractivity contribution < 1.29 is 19.0 Å². The molecule has 4 nitrogen and oxygen atoms in total. The highest BCUT2D eigenvalue weighted by Gasteiger charge is 2.27. The first-order chi connectivity index (χ1) is 15.8. The molecule has 1 fully saturated rings. The molecule has 0 saturated heterocycles. The number of para-hydroxylation sites is 2. The summed E-state index contributed by atoms with van der Waals surface area (Å²) in [6.07, 6.45) is 6.22. The third-order valence-electron chi connectivity index (χ3n) is 6.10. The van der Waals surface area contributed by atoms with Gasteiger partial charge in [0.05, 0.1) is 5.92 Å². The van der Waals surface area contributed by atoms with Gasteiger partial charge in [0.15, 0.2) is 0 Å². The van der Waals surface area contributed by atoms with Gasteiger partial charge in [-0.05, 0) is 86.4 Å². The lowest BCUT2D eigenvalue weighted by molar-refractivity contribution is -0.140. The summed E-state index contributed by atoms with van der Waals surface area (Å²) in [6, 6.07) is 27.3. The number of rotatable bonds is 9. The molecular formula is C28H30O4. The fourth-order valence-corrected chi connectivity index (χ4v) is 4.18. The molecule has 0 aromatic heterocycles. The Hall–Kier alpha value is -3.27. The standard InChI is InChI=1S/C28H30O4/c29-28(32-27-9-5-2-6-10-27)24-17-13-22(14-18-24)11-12-23-15-19-26(20-16-23)31-21-30-25-7-3-1-4-8-25/h1-10,15-16,19-20,22,24H,11-14,17-18,21H2. The Morgan fingerprint density at radius 3 is 1.88 bits per heavy atom. The van der Waals surface area contributed by atoms with Gasteiger partial charge in [0.1, 0.15) is 17.2 Å². The van der Waals surface area contributed by atoms with Crippen LogP contribution in [0.25, 0.3) is 0 Å². The van der Waals surface area contributed by atoms with Gasteiger partial charge in [-0.15, -0.1) is 0 Å². The molecule has 166 valence electrons. The summed E-state index contributed by atoms with van der Waals surface area (Å²) in [5.74, 6) is 2.86. The van der Waals surface area contributed by atoms with Crippen LogP contribution in [0, 0.1) is 11.8 Å². The number of carbonyl (C=O) groups excluding carboxylic acids is 1. The Labute approximate surface area is 190 Å². The molecule has 0 heterocycles. The molecule has 0 radical (unpaired) electrons. The van der Waals surface area contributed by atoms with Crippen LogP contribution in [0.1, 0.15) is 37.7 Å². The summed E-state index contributed by atoms with van der Waals surface area (Å²) in [5.41, 5.74) is 1.31. The van der Waals surface area contributed by atoms with E-state index in [-0.39, 0.29) is 18.7 Å². The fourth-order valence-electron chi connectivity index (χ4n) is 4.18. The van der Waals surface area contributed by atoms with Gasteiger partial charge in [-0.1, -0.05) is 48.5 Å². The zero-order valence-electron chi connectivity index (χ0n) is 18.3. The van der Waals surface area contributed by atoms with E-state index >= 15 is 0 Å². The van der Waals surface area contributed by atoms with E-state index in [1.54, 1.807) is 0 Å². The Kier molecular flexibility index (Phi) is 7.80. The molecule has 1 aliphatic carbocycles. The van der Waals surface area contributed by atoms with Gasteiger partial charge in [-0.25, -0.2) is 0 Å². The molecular weight excluding hydrogens is 400 g/mol. The summed E-state index contributed by atoms with van der Waals surface area (Å²) >= 11 is 0. The second kappa shape index (κ2) is 11.4. The van der Waals surface area contributed by atoms with Crippen molar-refractivity contribution in [1.82, 2.24) is 0 Å². The monoisotopic (exact) mass is 430 g/mol. The number of carbonyl (C=O) groups is 1. The summed E-state index contributed by atoms with van der Waals surface area (Å²) in [5, 5.41) is 0. The lowest BCUT2D eigenvalue weighted by atomic mass is 9.79. The van der Waals surface area contributed by atoms with Gasteiger partial charge >= 0.3 is 5.97 Å². The molecule has 4 rings (SSSR count). The van der Waals surface area contributed by atoms with Crippen LogP contribution in [0.15, 0.2) is 84.9 Å². The van der Waals surface area contributed by atoms with Gasteiger partial charge in [0.25, 0.3) is 0 Å². The van der Waals surface area contributed by atoms with Gasteiger partial charge in [-0.2, -0.15) is 0 Å². The van der Waals surface area contributed by atoms with Crippen LogP contribution >= 0.6 is 0 Å². The highest BCUT2D eigenvalue weighted by Crippen LogP contribution is 2.32. The number of aryl methyl sites for hydroxylation is 1. The molecule has 0 spiro atoms. The first-order valence-corrected chi connectivity index (χ1v) is 11.4. The summed E-state index contributed by atoms with van der Waals surface area (Å²) in [4.78, 5) is 12.4. The smallest absolute Gasteiger partial charge is 0.314 e. The van der Waals surface area contributed by atoms with Crippen molar-refractivity contribution in [1.29, 1.82) is 0 Å². The second-order valence-electron chi connectivity index (χ2n) is 8.35. The molecule has 32 heavy (non-hydrogen) atoms. The maximum absolute atomic E-state index is 12.4. The van der Waals surface area contributed by atoms with Crippen molar-refractivity contribution in [2.75, 3.05) is 6.79 Å². The zero-order valence-corrected chi connectivity index (χ0v) is 18.3. The molecule has 0 amide bonds. The van der Waals surface area contributed by atoms with Crippen molar-refractivity contribution in [2.45, 2.75) is 38.5 Å². The van der Waals surface area contributed by atoms with Crippen LogP contribution in [-0.4, -0.2) is 12.8 Å². The van der Waals surface area contributed by atoms with Crippen LogP contribution in [-0.2, 0) is 11.2 Å². The number of hydrogen-bond acceptors (Lipinski definition) is 4. The lowest BCUT2D eigenvalue weighted by Crippen LogP contribution is -2.25. The van der Waals surface area contributed by atoms with Crippen molar-refractivity contribution in [2.24, 2.45) is 11.8 Å². The van der Waals surface area contributed by atoms with Gasteiger partial charge in [0.2, 0.25) is 6.79 Å². The normalized spacial score (nSPS) is 18.0. The Morgan fingerprint density at radius 2 is 1.25 bits per heavy atom. The summed E-state index contributed by atoms with van der Waals surface area (Å²) in [6.45, 7) is 0.194.